The molecule has 2 rings (SSSR count). The van der Waals surface area contributed by atoms with Gasteiger partial charge in [-0.1, -0.05) is 20.8 Å². The van der Waals surface area contributed by atoms with Crippen LogP contribution in [0, 0.1) is 5.41 Å². The van der Waals surface area contributed by atoms with E-state index in [0.29, 0.717) is 5.69 Å². The number of nitrogens with one attached hydrogen (secondary N) is 1. The lowest BCUT2D eigenvalue weighted by molar-refractivity contribution is -0.286. The number of ether oxygens (including phenoxy) is 2. The summed E-state index contributed by atoms with van der Waals surface area (Å²) in [6, 6.07) is 3.28. The second kappa shape index (κ2) is 4.59. The van der Waals surface area contributed by atoms with E-state index >= 15 is 0 Å². The molecular weight excluding hydrogens is 270 g/mol. The Labute approximate surface area is 115 Å². The summed E-state index contributed by atoms with van der Waals surface area (Å²) in [6.07, 6.45) is -3.67. The number of amides is 1. The number of benzene rings is 1. The number of carbonyl (C=O) groups is 1. The lowest BCUT2D eigenvalue weighted by Crippen LogP contribution is -2.45. The van der Waals surface area contributed by atoms with Crippen molar-refractivity contribution >= 4 is 11.6 Å². The number of hydrogen-bond donors (Lipinski definition) is 2. The van der Waals surface area contributed by atoms with Gasteiger partial charge in [0, 0.05) is 11.8 Å². The number of alkyl halides is 2. The highest BCUT2D eigenvalue weighted by molar-refractivity contribution is 5.95. The van der Waals surface area contributed by atoms with Crippen LogP contribution in [0.3, 0.4) is 0 Å². The van der Waals surface area contributed by atoms with E-state index < -0.39 is 23.7 Å². The van der Waals surface area contributed by atoms with E-state index in [9.17, 15) is 13.6 Å². The molecule has 0 spiro atoms. The molecule has 110 valence electrons. The maximum atomic E-state index is 12.9. The molecule has 1 aromatic rings. The van der Waals surface area contributed by atoms with Crippen LogP contribution in [-0.4, -0.2) is 18.2 Å². The molecule has 1 heterocycles. The molecule has 7 heteroatoms. The number of fused-ring (bicyclic) bond motifs is 1. The van der Waals surface area contributed by atoms with Crippen molar-refractivity contribution in [2.45, 2.75) is 33.1 Å². The third-order valence-corrected chi connectivity index (χ3v) is 2.88. The first-order valence-corrected chi connectivity index (χ1v) is 6.05. The van der Waals surface area contributed by atoms with E-state index in [-0.39, 0.29) is 11.5 Å². The Kier molecular flexibility index (Phi) is 3.33. The van der Waals surface area contributed by atoms with Crippen molar-refractivity contribution in [3.63, 3.8) is 0 Å². The Morgan fingerprint density at radius 2 is 1.90 bits per heavy atom. The average Bonchev–Trinajstić information content (AvgIpc) is 2.59. The van der Waals surface area contributed by atoms with Gasteiger partial charge in [0.1, 0.15) is 0 Å². The second-order valence-electron chi connectivity index (χ2n) is 5.66. The molecule has 0 saturated heterocycles. The number of carbonyl (C=O) groups excluding carboxylic acids is 1. The van der Waals surface area contributed by atoms with Gasteiger partial charge in [-0.2, -0.15) is 0 Å². The zero-order valence-corrected chi connectivity index (χ0v) is 11.4. The first-order valence-electron chi connectivity index (χ1n) is 6.05. The number of hydrogen-bond acceptors (Lipinski definition) is 4. The molecule has 1 aliphatic rings. The smallest absolute Gasteiger partial charge is 0.395 e. The van der Waals surface area contributed by atoms with Crippen molar-refractivity contribution in [3.8, 4) is 11.5 Å². The van der Waals surface area contributed by atoms with E-state index in [2.05, 4.69) is 14.8 Å². The fourth-order valence-corrected chi connectivity index (χ4v) is 1.64. The van der Waals surface area contributed by atoms with Crippen LogP contribution in [0.2, 0.25) is 0 Å². The Balaban J connectivity index is 2.12. The zero-order chi connectivity index (χ0) is 15.1. The first-order chi connectivity index (χ1) is 9.08. The Hall–Kier alpha value is -1.89. The van der Waals surface area contributed by atoms with Crippen molar-refractivity contribution < 1.29 is 23.0 Å². The molecule has 20 heavy (non-hydrogen) atoms. The minimum atomic E-state index is -3.67. The van der Waals surface area contributed by atoms with Gasteiger partial charge in [-0.25, -0.2) is 0 Å². The molecular formula is C13H16F2N2O3. The summed E-state index contributed by atoms with van der Waals surface area (Å²) in [5.41, 5.74) is 5.72. The molecule has 1 atom stereocenters. The van der Waals surface area contributed by atoms with E-state index in [4.69, 9.17) is 5.73 Å². The fourth-order valence-electron chi connectivity index (χ4n) is 1.64. The van der Waals surface area contributed by atoms with Crippen LogP contribution < -0.4 is 20.5 Å². The number of nitrogens with two attached hydrogens (primary N) is 1. The largest absolute Gasteiger partial charge is 0.586 e. The summed E-state index contributed by atoms with van der Waals surface area (Å²) in [7, 11) is 0. The highest BCUT2D eigenvalue weighted by Crippen LogP contribution is 2.42. The van der Waals surface area contributed by atoms with Gasteiger partial charge in [-0.05, 0) is 17.5 Å². The van der Waals surface area contributed by atoms with Gasteiger partial charge in [0.05, 0.1) is 6.04 Å². The summed E-state index contributed by atoms with van der Waals surface area (Å²) in [6.45, 7) is 5.49. The van der Waals surface area contributed by atoms with Crippen molar-refractivity contribution in [3.05, 3.63) is 18.2 Å². The molecule has 0 aromatic heterocycles. The van der Waals surface area contributed by atoms with Crippen LogP contribution in [0.5, 0.6) is 11.5 Å². The van der Waals surface area contributed by atoms with E-state index in [0.717, 1.165) is 0 Å². The second-order valence-corrected chi connectivity index (χ2v) is 5.66. The van der Waals surface area contributed by atoms with Crippen molar-refractivity contribution in [2.24, 2.45) is 11.1 Å². The molecule has 1 aromatic carbocycles. The first kappa shape index (κ1) is 14.5. The van der Waals surface area contributed by atoms with Crippen LogP contribution in [0.4, 0.5) is 14.5 Å². The number of halogens is 2. The molecule has 1 aliphatic heterocycles. The molecule has 1 unspecified atom stereocenters. The monoisotopic (exact) mass is 286 g/mol. The van der Waals surface area contributed by atoms with Gasteiger partial charge in [-0.3, -0.25) is 4.79 Å². The Bertz CT molecular complexity index is 541. The van der Waals surface area contributed by atoms with E-state index in [1.54, 1.807) is 0 Å². The van der Waals surface area contributed by atoms with Crippen LogP contribution in [0.25, 0.3) is 0 Å². The molecule has 3 N–H and O–H groups in total. The van der Waals surface area contributed by atoms with E-state index in [1.807, 2.05) is 20.8 Å². The summed E-state index contributed by atoms with van der Waals surface area (Å²) in [5, 5.41) is 2.56. The lowest BCUT2D eigenvalue weighted by Gasteiger charge is -2.25. The molecule has 0 aliphatic carbocycles. The molecule has 5 nitrogen and oxygen atoms in total. The molecule has 0 bridgehead atoms. The van der Waals surface area contributed by atoms with Gasteiger partial charge in [-0.15, -0.1) is 8.78 Å². The SMILES string of the molecule is CC(C)(C)C(N)C(=O)Nc1ccc2c(c1)OC(F)(F)O2. The van der Waals surface area contributed by atoms with Crippen molar-refractivity contribution in [1.29, 1.82) is 0 Å². The summed E-state index contributed by atoms with van der Waals surface area (Å²) >= 11 is 0. The quantitative estimate of drug-likeness (QED) is 0.875. The van der Waals surface area contributed by atoms with Gasteiger partial charge in [0.2, 0.25) is 5.91 Å². The highest BCUT2D eigenvalue weighted by Gasteiger charge is 2.43. The molecule has 1 amide bonds. The molecule has 0 fully saturated rings. The van der Waals surface area contributed by atoms with Crippen LogP contribution in [0.1, 0.15) is 20.8 Å². The van der Waals surface area contributed by atoms with Crippen LogP contribution in [-0.2, 0) is 4.79 Å². The standard InChI is InChI=1S/C13H16F2N2O3/c1-12(2,3)10(16)11(18)17-7-4-5-8-9(6-7)20-13(14,15)19-8/h4-6,10H,16H2,1-3H3,(H,17,18). The highest BCUT2D eigenvalue weighted by atomic mass is 19.3. The minimum Gasteiger partial charge on any atom is -0.395 e. The maximum Gasteiger partial charge on any atom is 0.586 e. The lowest BCUT2D eigenvalue weighted by atomic mass is 9.87. The van der Waals surface area contributed by atoms with Crippen molar-refractivity contribution in [2.75, 3.05) is 5.32 Å². The Morgan fingerprint density at radius 1 is 1.30 bits per heavy atom. The van der Waals surface area contributed by atoms with Gasteiger partial charge < -0.3 is 20.5 Å². The van der Waals surface area contributed by atoms with Crippen LogP contribution >= 0.6 is 0 Å². The summed E-state index contributed by atoms with van der Waals surface area (Å²) in [5.74, 6) is -0.603. The van der Waals surface area contributed by atoms with Crippen LogP contribution in [0.15, 0.2) is 18.2 Å². The molecule has 0 radical (unpaired) electrons. The van der Waals surface area contributed by atoms with E-state index in [1.165, 1.54) is 18.2 Å². The summed E-state index contributed by atoms with van der Waals surface area (Å²) < 4.78 is 34.3. The van der Waals surface area contributed by atoms with Crippen molar-refractivity contribution in [1.82, 2.24) is 0 Å². The van der Waals surface area contributed by atoms with Gasteiger partial charge >= 0.3 is 6.29 Å². The topological polar surface area (TPSA) is 73.6 Å². The fraction of sp³-hybridized carbons (Fsp3) is 0.462. The Morgan fingerprint density at radius 3 is 2.50 bits per heavy atom. The number of anilines is 1. The minimum absolute atomic E-state index is 0.0758. The average molecular weight is 286 g/mol. The molecule has 0 saturated carbocycles. The summed E-state index contributed by atoms with van der Waals surface area (Å²) in [4.78, 5) is 11.9. The number of rotatable bonds is 2. The zero-order valence-electron chi connectivity index (χ0n) is 11.4. The third-order valence-electron chi connectivity index (χ3n) is 2.88. The predicted octanol–water partition coefficient (Wildman–Crippen LogP) is 2.32. The maximum absolute atomic E-state index is 12.9. The van der Waals surface area contributed by atoms with Gasteiger partial charge in [0.15, 0.2) is 11.5 Å². The third kappa shape index (κ3) is 2.98. The van der Waals surface area contributed by atoms with Gasteiger partial charge in [0.25, 0.3) is 0 Å². The predicted molar refractivity (Wildman–Crippen MR) is 68.7 cm³/mol. The normalized spacial score (nSPS) is 17.7.